The van der Waals surface area contributed by atoms with Crippen LogP contribution in [-0.2, 0) is 0 Å². The summed E-state index contributed by atoms with van der Waals surface area (Å²) in [6.45, 7) is 4.19. The monoisotopic (exact) mass is 263 g/mol. The third-order valence-electron chi connectivity index (χ3n) is 3.08. The number of hydrogen-bond acceptors (Lipinski definition) is 4. The van der Waals surface area contributed by atoms with E-state index in [0.717, 1.165) is 30.0 Å². The van der Waals surface area contributed by atoms with E-state index in [0.29, 0.717) is 19.0 Å². The maximum atomic E-state index is 5.63. The first-order chi connectivity index (χ1) is 9.28. The maximum Gasteiger partial charge on any atom is 0.203 e. The number of benzene rings is 1. The van der Waals surface area contributed by atoms with Gasteiger partial charge in [0.2, 0.25) is 5.75 Å². The second kappa shape index (κ2) is 6.48. The highest BCUT2D eigenvalue weighted by Gasteiger charge is 2.17. The number of ether oxygens (including phenoxy) is 3. The van der Waals surface area contributed by atoms with E-state index in [2.05, 4.69) is 18.3 Å². The first kappa shape index (κ1) is 13.7. The van der Waals surface area contributed by atoms with Crippen LogP contribution in [0.15, 0.2) is 17.7 Å². The quantitative estimate of drug-likeness (QED) is 0.886. The molecule has 0 fully saturated rings. The number of rotatable bonds is 5. The summed E-state index contributed by atoms with van der Waals surface area (Å²) in [5.41, 5.74) is 2.41. The number of methoxy groups -OCH3 is 1. The lowest BCUT2D eigenvalue weighted by Crippen LogP contribution is -2.16. The van der Waals surface area contributed by atoms with Gasteiger partial charge in [0, 0.05) is 6.54 Å². The Morgan fingerprint density at radius 3 is 2.84 bits per heavy atom. The summed E-state index contributed by atoms with van der Waals surface area (Å²) in [6.07, 6.45) is 3.18. The van der Waals surface area contributed by atoms with Crippen LogP contribution < -0.4 is 19.5 Å². The summed E-state index contributed by atoms with van der Waals surface area (Å²) in [5.74, 6) is 2.19. The fourth-order valence-electron chi connectivity index (χ4n) is 2.12. The molecule has 4 nitrogen and oxygen atoms in total. The van der Waals surface area contributed by atoms with Gasteiger partial charge in [0.1, 0.15) is 13.2 Å². The Morgan fingerprint density at radius 1 is 1.37 bits per heavy atom. The Labute approximate surface area is 114 Å². The van der Waals surface area contributed by atoms with Gasteiger partial charge in [-0.2, -0.15) is 0 Å². The van der Waals surface area contributed by atoms with Crippen molar-refractivity contribution < 1.29 is 14.2 Å². The molecule has 0 amide bonds. The predicted molar refractivity (Wildman–Crippen MR) is 76.2 cm³/mol. The molecular weight excluding hydrogens is 242 g/mol. The van der Waals surface area contributed by atoms with E-state index in [1.807, 2.05) is 19.2 Å². The molecule has 1 N–H and O–H groups in total. The highest BCUT2D eigenvalue weighted by atomic mass is 16.6. The maximum absolute atomic E-state index is 5.63. The van der Waals surface area contributed by atoms with Crippen molar-refractivity contribution in [3.63, 3.8) is 0 Å². The molecule has 0 unspecified atom stereocenters. The topological polar surface area (TPSA) is 39.7 Å². The van der Waals surface area contributed by atoms with Gasteiger partial charge in [-0.25, -0.2) is 0 Å². The lowest BCUT2D eigenvalue weighted by molar-refractivity contribution is 0.165. The predicted octanol–water partition coefficient (Wildman–Crippen LogP) is 2.48. The standard InChI is InChI=1S/C15H21NO3/c1-4-11(10-16-2)7-12-8-13(17-3)15-14(9-12)18-5-6-19-15/h7-9,16H,4-6,10H2,1-3H3. The highest BCUT2D eigenvalue weighted by molar-refractivity contribution is 5.63. The van der Waals surface area contributed by atoms with Crippen molar-refractivity contribution >= 4 is 6.08 Å². The Kier molecular flexibility index (Phi) is 4.68. The van der Waals surface area contributed by atoms with Crippen LogP contribution in [0.1, 0.15) is 18.9 Å². The Hall–Kier alpha value is -1.68. The van der Waals surface area contributed by atoms with Gasteiger partial charge in [-0.15, -0.1) is 0 Å². The molecule has 0 saturated heterocycles. The first-order valence-electron chi connectivity index (χ1n) is 6.60. The molecule has 2 rings (SSSR count). The van der Waals surface area contributed by atoms with Crippen molar-refractivity contribution in [3.05, 3.63) is 23.3 Å². The zero-order valence-electron chi connectivity index (χ0n) is 11.8. The van der Waals surface area contributed by atoms with Gasteiger partial charge in [-0.3, -0.25) is 0 Å². The Balaban J connectivity index is 2.36. The van der Waals surface area contributed by atoms with Crippen molar-refractivity contribution in [1.82, 2.24) is 5.32 Å². The van der Waals surface area contributed by atoms with Gasteiger partial charge in [-0.05, 0) is 31.2 Å². The number of hydrogen-bond donors (Lipinski definition) is 1. The van der Waals surface area contributed by atoms with E-state index in [9.17, 15) is 0 Å². The third kappa shape index (κ3) is 3.20. The van der Waals surface area contributed by atoms with Crippen molar-refractivity contribution in [2.75, 3.05) is 33.9 Å². The third-order valence-corrected chi connectivity index (χ3v) is 3.08. The molecule has 4 heteroatoms. The molecular formula is C15H21NO3. The lowest BCUT2D eigenvalue weighted by atomic mass is 10.1. The highest BCUT2D eigenvalue weighted by Crippen LogP contribution is 2.40. The molecule has 1 aliphatic heterocycles. The minimum atomic E-state index is 0.568. The van der Waals surface area contributed by atoms with Gasteiger partial charge in [0.25, 0.3) is 0 Å². The van der Waals surface area contributed by atoms with Crippen LogP contribution in [0.3, 0.4) is 0 Å². The normalized spacial score (nSPS) is 14.4. The summed E-state index contributed by atoms with van der Waals surface area (Å²) in [6, 6.07) is 3.99. The van der Waals surface area contributed by atoms with Crippen LogP contribution in [0.4, 0.5) is 0 Å². The molecule has 19 heavy (non-hydrogen) atoms. The average Bonchev–Trinajstić information content (AvgIpc) is 2.45. The van der Waals surface area contributed by atoms with Crippen molar-refractivity contribution in [2.45, 2.75) is 13.3 Å². The average molecular weight is 263 g/mol. The largest absolute Gasteiger partial charge is 0.493 e. The number of likely N-dealkylation sites (N-methyl/N-ethyl adjacent to an activating group) is 1. The summed E-state index contributed by atoms with van der Waals surface area (Å²) >= 11 is 0. The molecule has 0 aromatic heterocycles. The summed E-state index contributed by atoms with van der Waals surface area (Å²) in [4.78, 5) is 0. The van der Waals surface area contributed by atoms with Crippen LogP contribution in [0.25, 0.3) is 6.08 Å². The smallest absolute Gasteiger partial charge is 0.203 e. The zero-order valence-corrected chi connectivity index (χ0v) is 11.8. The fourth-order valence-corrected chi connectivity index (χ4v) is 2.12. The molecule has 0 bridgehead atoms. The molecule has 1 aliphatic rings. The molecule has 0 aliphatic carbocycles. The minimum absolute atomic E-state index is 0.568. The first-order valence-corrected chi connectivity index (χ1v) is 6.60. The molecule has 0 spiro atoms. The van der Waals surface area contributed by atoms with E-state index in [1.165, 1.54) is 5.57 Å². The van der Waals surface area contributed by atoms with Gasteiger partial charge in [0.05, 0.1) is 7.11 Å². The molecule has 104 valence electrons. The summed E-state index contributed by atoms with van der Waals surface area (Å²) < 4.78 is 16.6. The van der Waals surface area contributed by atoms with Crippen molar-refractivity contribution in [2.24, 2.45) is 0 Å². The van der Waals surface area contributed by atoms with Crippen LogP contribution in [0, 0.1) is 0 Å². The zero-order chi connectivity index (χ0) is 13.7. The number of nitrogens with one attached hydrogen (secondary N) is 1. The van der Waals surface area contributed by atoms with Crippen molar-refractivity contribution in [1.29, 1.82) is 0 Å². The molecule has 0 radical (unpaired) electrons. The molecule has 1 aromatic carbocycles. The SMILES string of the molecule is CCC(=Cc1cc(OC)c2c(c1)OCCO2)CNC. The Morgan fingerprint density at radius 2 is 2.16 bits per heavy atom. The van der Waals surface area contributed by atoms with Gasteiger partial charge >= 0.3 is 0 Å². The molecule has 0 saturated carbocycles. The van der Waals surface area contributed by atoms with Gasteiger partial charge in [-0.1, -0.05) is 18.6 Å². The molecule has 1 aromatic rings. The van der Waals surface area contributed by atoms with Gasteiger partial charge < -0.3 is 19.5 Å². The summed E-state index contributed by atoms with van der Waals surface area (Å²) in [7, 11) is 3.60. The lowest BCUT2D eigenvalue weighted by Gasteiger charge is -2.21. The second-order valence-electron chi connectivity index (χ2n) is 4.43. The van der Waals surface area contributed by atoms with Crippen molar-refractivity contribution in [3.8, 4) is 17.2 Å². The van der Waals surface area contributed by atoms with E-state index < -0.39 is 0 Å². The summed E-state index contributed by atoms with van der Waals surface area (Å²) in [5, 5.41) is 3.17. The van der Waals surface area contributed by atoms with Crippen LogP contribution >= 0.6 is 0 Å². The van der Waals surface area contributed by atoms with E-state index in [-0.39, 0.29) is 0 Å². The molecule has 0 atom stereocenters. The minimum Gasteiger partial charge on any atom is -0.493 e. The van der Waals surface area contributed by atoms with E-state index in [1.54, 1.807) is 7.11 Å². The Bertz CT molecular complexity index is 451. The van der Waals surface area contributed by atoms with E-state index >= 15 is 0 Å². The van der Waals surface area contributed by atoms with Gasteiger partial charge in [0.15, 0.2) is 11.5 Å². The second-order valence-corrected chi connectivity index (χ2v) is 4.43. The van der Waals surface area contributed by atoms with Crippen LogP contribution in [0.5, 0.6) is 17.2 Å². The fraction of sp³-hybridized carbons (Fsp3) is 0.467. The van der Waals surface area contributed by atoms with Crippen LogP contribution in [0.2, 0.25) is 0 Å². The van der Waals surface area contributed by atoms with E-state index in [4.69, 9.17) is 14.2 Å². The number of fused-ring (bicyclic) bond motifs is 1. The molecule has 1 heterocycles. The van der Waals surface area contributed by atoms with Crippen LogP contribution in [-0.4, -0.2) is 33.9 Å².